The molecule has 2 amide bonds. The van der Waals surface area contributed by atoms with Crippen LogP contribution in [0.3, 0.4) is 0 Å². The van der Waals surface area contributed by atoms with Crippen LogP contribution in [0, 0.1) is 0 Å². The van der Waals surface area contributed by atoms with E-state index in [0.29, 0.717) is 12.2 Å². The smallest absolute Gasteiger partial charge is 0.281 e. The van der Waals surface area contributed by atoms with Crippen molar-refractivity contribution in [2.45, 2.75) is 19.5 Å². The molecule has 1 unspecified atom stereocenters. The Bertz CT molecular complexity index is 1070. The first-order valence-corrected chi connectivity index (χ1v) is 10.0. The molecule has 1 aliphatic rings. The zero-order chi connectivity index (χ0) is 21.6. The topological polar surface area (TPSA) is 77.0 Å². The number of hydrazine groups is 2. The predicted molar refractivity (Wildman–Crippen MR) is 121 cm³/mol. The van der Waals surface area contributed by atoms with Crippen LogP contribution >= 0.6 is 0 Å². The summed E-state index contributed by atoms with van der Waals surface area (Å²) in [6.45, 7) is 2.14. The van der Waals surface area contributed by atoms with Gasteiger partial charge in [-0.2, -0.15) is 0 Å². The maximum absolute atomic E-state index is 13.1. The first-order valence-electron chi connectivity index (χ1n) is 10.0. The molecule has 0 aromatic heterocycles. The molecule has 0 spiro atoms. The molecule has 0 fully saturated rings. The summed E-state index contributed by atoms with van der Waals surface area (Å²) in [5.41, 5.74) is 8.30. The van der Waals surface area contributed by atoms with Gasteiger partial charge >= 0.3 is 5.91 Å². The summed E-state index contributed by atoms with van der Waals surface area (Å²) in [5, 5.41) is 3.12. The van der Waals surface area contributed by atoms with Gasteiger partial charge in [0.25, 0.3) is 5.91 Å². The molecule has 3 aromatic rings. The molecule has 1 heterocycles. The Morgan fingerprint density at radius 1 is 0.968 bits per heavy atom. The van der Waals surface area contributed by atoms with Crippen LogP contribution in [0.2, 0.25) is 0 Å². The van der Waals surface area contributed by atoms with Gasteiger partial charge in [0, 0.05) is 0 Å². The van der Waals surface area contributed by atoms with Crippen LogP contribution in [0.15, 0.2) is 96.0 Å². The van der Waals surface area contributed by atoms with Crippen LogP contribution in [0.25, 0.3) is 0 Å². The zero-order valence-corrected chi connectivity index (χ0v) is 17.1. The van der Waals surface area contributed by atoms with E-state index in [1.165, 1.54) is 5.01 Å². The Hall–Kier alpha value is -4.13. The second kappa shape index (κ2) is 9.13. The van der Waals surface area contributed by atoms with E-state index in [-0.39, 0.29) is 11.7 Å². The minimum atomic E-state index is -0.679. The molecule has 156 valence electrons. The summed E-state index contributed by atoms with van der Waals surface area (Å²) in [6, 6.07) is 27.9. The van der Waals surface area contributed by atoms with E-state index in [0.717, 1.165) is 11.3 Å². The number of hydrogen-bond acceptors (Lipinski definition) is 5. The molecule has 3 aromatic carbocycles. The number of amidine groups is 1. The largest absolute Gasteiger partial charge is 0.306 e. The molecule has 1 atom stereocenters. The van der Waals surface area contributed by atoms with Crippen LogP contribution in [0.4, 0.5) is 11.4 Å². The molecule has 7 heteroatoms. The lowest BCUT2D eigenvalue weighted by molar-refractivity contribution is -0.120. The number of anilines is 2. The van der Waals surface area contributed by atoms with Gasteiger partial charge in [0.1, 0.15) is 6.04 Å². The number of carbonyl (C=O) groups is 2. The van der Waals surface area contributed by atoms with Gasteiger partial charge in [0.2, 0.25) is 5.84 Å². The molecule has 0 saturated heterocycles. The number of nitrogens with one attached hydrogen (secondary N) is 2. The number of amides is 2. The van der Waals surface area contributed by atoms with Crippen molar-refractivity contribution < 1.29 is 9.59 Å². The lowest BCUT2D eigenvalue weighted by Gasteiger charge is -2.32. The SMILES string of the molecule is CC1N=C(C(=O)NN(Cc2ccccc2)c2ccccc2)NN(c2ccccc2)C1=O. The summed E-state index contributed by atoms with van der Waals surface area (Å²) in [4.78, 5) is 30.0. The number of benzene rings is 3. The van der Waals surface area contributed by atoms with Crippen molar-refractivity contribution in [3.8, 4) is 0 Å². The number of hydrogen-bond donors (Lipinski definition) is 2. The van der Waals surface area contributed by atoms with Crippen molar-refractivity contribution in [1.82, 2.24) is 10.9 Å². The minimum absolute atomic E-state index is 0.0740. The first-order chi connectivity index (χ1) is 15.1. The average Bonchev–Trinajstić information content (AvgIpc) is 2.82. The van der Waals surface area contributed by atoms with Gasteiger partial charge in [0.15, 0.2) is 0 Å². The second-order valence-corrected chi connectivity index (χ2v) is 7.12. The summed E-state index contributed by atoms with van der Waals surface area (Å²) < 4.78 is 0. The van der Waals surface area contributed by atoms with Gasteiger partial charge in [0.05, 0.1) is 17.9 Å². The maximum atomic E-state index is 13.1. The third kappa shape index (κ3) is 4.72. The van der Waals surface area contributed by atoms with Gasteiger partial charge in [-0.15, -0.1) is 0 Å². The van der Waals surface area contributed by atoms with Gasteiger partial charge in [-0.05, 0) is 36.8 Å². The van der Waals surface area contributed by atoms with Gasteiger partial charge in [-0.1, -0.05) is 66.7 Å². The summed E-state index contributed by atoms with van der Waals surface area (Å²) in [7, 11) is 0. The molecule has 4 rings (SSSR count). The van der Waals surface area contributed by atoms with Gasteiger partial charge in [-0.25, -0.2) is 10.0 Å². The summed E-state index contributed by atoms with van der Waals surface area (Å²) in [6.07, 6.45) is 0. The van der Waals surface area contributed by atoms with Crippen molar-refractivity contribution in [2.75, 3.05) is 10.0 Å². The van der Waals surface area contributed by atoms with Gasteiger partial charge in [-0.3, -0.25) is 25.4 Å². The van der Waals surface area contributed by atoms with E-state index in [2.05, 4.69) is 15.8 Å². The standard InChI is InChI=1S/C24H23N5O2/c1-18-24(31)29(21-15-9-4-10-16-21)26-22(25-18)23(30)27-28(20-13-7-3-8-14-20)17-19-11-5-2-6-12-19/h2-16,18H,17H2,1H3,(H,25,26)(H,27,30). The highest BCUT2D eigenvalue weighted by atomic mass is 16.2. The Labute approximate surface area is 181 Å². The van der Waals surface area contributed by atoms with E-state index in [1.807, 2.05) is 78.9 Å². The zero-order valence-electron chi connectivity index (χ0n) is 17.1. The van der Waals surface area contributed by atoms with Crippen molar-refractivity contribution in [3.05, 3.63) is 96.6 Å². The molecule has 1 aliphatic heterocycles. The molecular formula is C24H23N5O2. The van der Waals surface area contributed by atoms with E-state index in [4.69, 9.17) is 0 Å². The van der Waals surface area contributed by atoms with E-state index in [1.54, 1.807) is 24.1 Å². The van der Waals surface area contributed by atoms with Crippen molar-refractivity contribution in [2.24, 2.45) is 4.99 Å². The molecule has 0 saturated carbocycles. The minimum Gasteiger partial charge on any atom is -0.281 e. The molecule has 0 radical (unpaired) electrons. The third-order valence-corrected chi connectivity index (χ3v) is 4.84. The van der Waals surface area contributed by atoms with Crippen LogP contribution in [0.5, 0.6) is 0 Å². The molecular weight excluding hydrogens is 390 g/mol. The second-order valence-electron chi connectivity index (χ2n) is 7.12. The lowest BCUT2D eigenvalue weighted by Crippen LogP contribution is -2.59. The number of carbonyl (C=O) groups excluding carboxylic acids is 2. The highest BCUT2D eigenvalue weighted by Gasteiger charge is 2.31. The number of aliphatic imine (C=N–C) groups is 1. The van der Waals surface area contributed by atoms with Crippen molar-refractivity contribution in [3.63, 3.8) is 0 Å². The Morgan fingerprint density at radius 2 is 1.55 bits per heavy atom. The highest BCUT2D eigenvalue weighted by Crippen LogP contribution is 2.17. The van der Waals surface area contributed by atoms with E-state index >= 15 is 0 Å². The molecule has 0 bridgehead atoms. The van der Waals surface area contributed by atoms with Crippen LogP contribution < -0.4 is 20.9 Å². The number of nitrogens with zero attached hydrogens (tertiary/aromatic N) is 3. The molecule has 0 aliphatic carbocycles. The van der Waals surface area contributed by atoms with Crippen LogP contribution in [0.1, 0.15) is 12.5 Å². The van der Waals surface area contributed by atoms with Crippen molar-refractivity contribution >= 4 is 29.0 Å². The highest BCUT2D eigenvalue weighted by molar-refractivity contribution is 6.39. The average molecular weight is 413 g/mol. The molecule has 2 N–H and O–H groups in total. The number of para-hydroxylation sites is 2. The Balaban J connectivity index is 1.56. The lowest BCUT2D eigenvalue weighted by atomic mass is 10.2. The van der Waals surface area contributed by atoms with Crippen LogP contribution in [-0.4, -0.2) is 23.7 Å². The third-order valence-electron chi connectivity index (χ3n) is 4.84. The number of rotatable bonds is 6. The Morgan fingerprint density at radius 3 is 2.19 bits per heavy atom. The summed E-state index contributed by atoms with van der Waals surface area (Å²) in [5.74, 6) is -0.586. The normalized spacial score (nSPS) is 15.6. The maximum Gasteiger partial charge on any atom is 0.306 e. The Kier molecular flexibility index (Phi) is 5.93. The summed E-state index contributed by atoms with van der Waals surface area (Å²) >= 11 is 0. The van der Waals surface area contributed by atoms with E-state index in [9.17, 15) is 9.59 Å². The predicted octanol–water partition coefficient (Wildman–Crippen LogP) is 3.06. The first kappa shape index (κ1) is 20.2. The molecule has 7 nitrogen and oxygen atoms in total. The monoisotopic (exact) mass is 413 g/mol. The van der Waals surface area contributed by atoms with E-state index < -0.39 is 11.9 Å². The van der Waals surface area contributed by atoms with Crippen molar-refractivity contribution in [1.29, 1.82) is 0 Å². The van der Waals surface area contributed by atoms with Gasteiger partial charge < -0.3 is 0 Å². The molecule has 31 heavy (non-hydrogen) atoms. The fourth-order valence-corrected chi connectivity index (χ4v) is 3.25. The quantitative estimate of drug-likeness (QED) is 0.609. The fourth-order valence-electron chi connectivity index (χ4n) is 3.25. The fraction of sp³-hybridized carbons (Fsp3) is 0.125. The van der Waals surface area contributed by atoms with Crippen LogP contribution in [-0.2, 0) is 16.1 Å².